The van der Waals surface area contributed by atoms with Crippen LogP contribution in [0.4, 0.5) is 0 Å². The first-order valence-corrected chi connectivity index (χ1v) is 11.4. The number of esters is 1. The Hall–Kier alpha value is -2.54. The van der Waals surface area contributed by atoms with E-state index in [-0.39, 0.29) is 28.5 Å². The highest BCUT2D eigenvalue weighted by molar-refractivity contribution is 6.39. The first kappa shape index (κ1) is 25.1. The van der Waals surface area contributed by atoms with E-state index >= 15 is 0 Å². The summed E-state index contributed by atoms with van der Waals surface area (Å²) in [5.41, 5.74) is 2.38. The fraction of sp³-hybridized carbons (Fsp3) is 0.292. The molecule has 1 aromatic heterocycles. The minimum Gasteiger partial charge on any atom is -0.493 e. The Bertz CT molecular complexity index is 1220. The van der Waals surface area contributed by atoms with Crippen molar-refractivity contribution in [1.82, 2.24) is 9.78 Å². The quantitative estimate of drug-likeness (QED) is 0.202. The van der Waals surface area contributed by atoms with Gasteiger partial charge in [-0.2, -0.15) is 5.10 Å². The summed E-state index contributed by atoms with van der Waals surface area (Å²) >= 11 is 18.4. The van der Waals surface area contributed by atoms with Crippen molar-refractivity contribution in [3.63, 3.8) is 0 Å². The van der Waals surface area contributed by atoms with Crippen molar-refractivity contribution in [3.8, 4) is 11.6 Å². The van der Waals surface area contributed by atoms with E-state index in [1.54, 1.807) is 45.2 Å². The second-order valence-electron chi connectivity index (χ2n) is 7.59. The normalized spacial score (nSPS) is 10.9. The molecule has 174 valence electrons. The maximum Gasteiger partial charge on any atom is 0.312 e. The van der Waals surface area contributed by atoms with Crippen LogP contribution in [0.3, 0.4) is 0 Å². The zero-order valence-corrected chi connectivity index (χ0v) is 20.9. The van der Waals surface area contributed by atoms with E-state index in [9.17, 15) is 9.59 Å². The Balaban J connectivity index is 1.68. The maximum atomic E-state index is 13.2. The van der Waals surface area contributed by atoms with Crippen LogP contribution in [0.2, 0.25) is 15.1 Å². The van der Waals surface area contributed by atoms with Gasteiger partial charge in [-0.25, -0.2) is 4.68 Å². The molecule has 6 nitrogen and oxygen atoms in total. The molecule has 3 aromatic rings. The molecule has 0 bridgehead atoms. The fourth-order valence-electron chi connectivity index (χ4n) is 3.32. The van der Waals surface area contributed by atoms with Gasteiger partial charge in [0.25, 0.3) is 0 Å². The molecule has 0 fully saturated rings. The number of carbonyl (C=O) groups is 2. The minimum atomic E-state index is -0.498. The predicted octanol–water partition coefficient (Wildman–Crippen LogP) is 6.30. The Labute approximate surface area is 207 Å². The summed E-state index contributed by atoms with van der Waals surface area (Å²) in [6, 6.07) is 8.50. The molecule has 0 aliphatic rings. The summed E-state index contributed by atoms with van der Waals surface area (Å²) < 4.78 is 12.6. The van der Waals surface area contributed by atoms with Crippen molar-refractivity contribution in [3.05, 3.63) is 73.3 Å². The van der Waals surface area contributed by atoms with Gasteiger partial charge in [0.15, 0.2) is 0 Å². The molecule has 3 rings (SSSR count). The molecule has 0 saturated carbocycles. The number of hydrogen-bond donors (Lipinski definition) is 0. The Morgan fingerprint density at radius 2 is 1.79 bits per heavy atom. The van der Waals surface area contributed by atoms with Crippen molar-refractivity contribution in [2.45, 2.75) is 33.6 Å². The summed E-state index contributed by atoms with van der Waals surface area (Å²) in [4.78, 5) is 25.7. The predicted molar refractivity (Wildman–Crippen MR) is 129 cm³/mol. The van der Waals surface area contributed by atoms with E-state index < -0.39 is 11.8 Å². The lowest BCUT2D eigenvalue weighted by molar-refractivity contribution is -0.135. The average Bonchev–Trinajstić information content (AvgIpc) is 3.03. The summed E-state index contributed by atoms with van der Waals surface area (Å²) in [5.74, 6) is -0.116. The van der Waals surface area contributed by atoms with E-state index in [1.807, 2.05) is 13.0 Å². The zero-order chi connectivity index (χ0) is 24.3. The molecule has 2 aromatic carbocycles. The van der Waals surface area contributed by atoms with Crippen LogP contribution in [-0.4, -0.2) is 28.1 Å². The highest BCUT2D eigenvalue weighted by Crippen LogP contribution is 2.32. The summed E-state index contributed by atoms with van der Waals surface area (Å²) in [7, 11) is 1.60. The molecule has 0 aliphatic carbocycles. The second-order valence-corrected chi connectivity index (χ2v) is 8.81. The number of ketones is 1. The van der Waals surface area contributed by atoms with Crippen LogP contribution in [0, 0.1) is 20.8 Å². The number of aryl methyl sites for hydroxylation is 3. The Morgan fingerprint density at radius 1 is 1.06 bits per heavy atom. The highest BCUT2D eigenvalue weighted by Gasteiger charge is 2.27. The van der Waals surface area contributed by atoms with Crippen molar-refractivity contribution >= 4 is 46.6 Å². The van der Waals surface area contributed by atoms with Gasteiger partial charge < -0.3 is 9.47 Å². The van der Waals surface area contributed by atoms with E-state index in [1.165, 1.54) is 4.68 Å². The third kappa shape index (κ3) is 5.69. The largest absolute Gasteiger partial charge is 0.493 e. The Morgan fingerprint density at radius 3 is 2.48 bits per heavy atom. The van der Waals surface area contributed by atoms with Gasteiger partial charge >= 0.3 is 5.97 Å². The van der Waals surface area contributed by atoms with Gasteiger partial charge in [-0.15, -0.1) is 0 Å². The fourth-order valence-corrected chi connectivity index (χ4v) is 4.00. The van der Waals surface area contributed by atoms with Crippen molar-refractivity contribution in [2.24, 2.45) is 7.05 Å². The molecule has 0 amide bonds. The Kier molecular flexibility index (Phi) is 8.05. The molecule has 33 heavy (non-hydrogen) atoms. The molecular formula is C24H23Cl3N2O4. The maximum absolute atomic E-state index is 13.2. The molecule has 0 atom stereocenters. The zero-order valence-electron chi connectivity index (χ0n) is 18.7. The number of aromatic nitrogens is 2. The van der Waals surface area contributed by atoms with Crippen LogP contribution in [0.15, 0.2) is 30.3 Å². The lowest BCUT2D eigenvalue weighted by Gasteiger charge is -2.11. The summed E-state index contributed by atoms with van der Waals surface area (Å²) in [5, 5.41) is 5.59. The molecule has 0 unspecified atom stereocenters. The van der Waals surface area contributed by atoms with Crippen LogP contribution in [-0.2, 0) is 11.8 Å². The van der Waals surface area contributed by atoms with Gasteiger partial charge in [0, 0.05) is 29.1 Å². The lowest BCUT2D eigenvalue weighted by atomic mass is 10.0. The number of nitrogens with zero attached hydrogens (tertiary/aromatic N) is 2. The lowest BCUT2D eigenvalue weighted by Crippen LogP contribution is -2.15. The molecule has 9 heteroatoms. The van der Waals surface area contributed by atoms with Crippen LogP contribution >= 0.6 is 34.8 Å². The number of carbonyl (C=O) groups excluding carboxylic acids is 2. The van der Waals surface area contributed by atoms with E-state index in [0.717, 1.165) is 5.56 Å². The van der Waals surface area contributed by atoms with Crippen molar-refractivity contribution < 1.29 is 19.1 Å². The number of halogens is 3. The van der Waals surface area contributed by atoms with Crippen LogP contribution in [0.5, 0.6) is 11.6 Å². The topological polar surface area (TPSA) is 70.4 Å². The van der Waals surface area contributed by atoms with E-state index in [0.29, 0.717) is 40.1 Å². The summed E-state index contributed by atoms with van der Waals surface area (Å²) in [6.07, 6.45) is 0.536. The molecular weight excluding hydrogens is 487 g/mol. The van der Waals surface area contributed by atoms with Gasteiger partial charge in [-0.3, -0.25) is 9.59 Å². The van der Waals surface area contributed by atoms with Gasteiger partial charge in [0.1, 0.15) is 11.3 Å². The molecule has 0 radical (unpaired) electrons. The first-order chi connectivity index (χ1) is 15.6. The third-order valence-electron chi connectivity index (χ3n) is 5.09. The molecule has 1 heterocycles. The summed E-state index contributed by atoms with van der Waals surface area (Å²) in [6.45, 7) is 5.62. The van der Waals surface area contributed by atoms with Gasteiger partial charge in [0.2, 0.25) is 11.7 Å². The molecule has 0 N–H and O–H groups in total. The van der Waals surface area contributed by atoms with Crippen LogP contribution < -0.4 is 9.47 Å². The molecule has 0 aliphatic heterocycles. The van der Waals surface area contributed by atoms with Gasteiger partial charge in [-0.05, 0) is 68.7 Å². The average molecular weight is 510 g/mol. The number of hydrogen-bond acceptors (Lipinski definition) is 5. The van der Waals surface area contributed by atoms with E-state index in [4.69, 9.17) is 44.3 Å². The SMILES string of the molecule is Cc1cc(Cl)ccc1OCCCC(=O)Oc1c(C(=O)c2ccc(Cl)c(C)c2Cl)c(C)nn1C. The molecule has 0 saturated heterocycles. The number of rotatable bonds is 8. The van der Waals surface area contributed by atoms with Gasteiger partial charge in [-0.1, -0.05) is 34.8 Å². The number of ether oxygens (including phenoxy) is 2. The first-order valence-electron chi connectivity index (χ1n) is 10.2. The van der Waals surface area contributed by atoms with Gasteiger partial charge in [0.05, 0.1) is 17.3 Å². The molecule has 0 spiro atoms. The van der Waals surface area contributed by atoms with E-state index in [2.05, 4.69) is 5.10 Å². The number of benzene rings is 2. The van der Waals surface area contributed by atoms with Crippen LogP contribution in [0.25, 0.3) is 0 Å². The monoisotopic (exact) mass is 508 g/mol. The third-order valence-corrected chi connectivity index (χ3v) is 6.22. The van der Waals surface area contributed by atoms with Crippen molar-refractivity contribution in [1.29, 1.82) is 0 Å². The minimum absolute atomic E-state index is 0.0700. The second kappa shape index (κ2) is 10.6. The highest BCUT2D eigenvalue weighted by atomic mass is 35.5. The smallest absolute Gasteiger partial charge is 0.312 e. The van der Waals surface area contributed by atoms with Crippen LogP contribution in [0.1, 0.15) is 45.6 Å². The standard InChI is InChI=1S/C24H23Cl3N2O4/c1-13-12-16(25)7-10-19(13)32-11-5-6-20(30)33-24-21(15(3)28-29(24)4)23(31)17-8-9-18(26)14(2)22(17)27/h7-10,12H,5-6,11H2,1-4H3. The van der Waals surface area contributed by atoms with Crippen molar-refractivity contribution in [2.75, 3.05) is 6.61 Å².